The summed E-state index contributed by atoms with van der Waals surface area (Å²) in [6.07, 6.45) is 13.6. The number of benzene rings is 1. The van der Waals surface area contributed by atoms with E-state index in [1.165, 1.54) is 51.4 Å². The molecule has 0 nitrogen and oxygen atoms in total. The van der Waals surface area contributed by atoms with Gasteiger partial charge in [-0.05, 0) is 0 Å². The summed E-state index contributed by atoms with van der Waals surface area (Å²) in [6, 6.07) is 11.6. The number of halogens is 3. The standard InChI is InChI=1S/C21H29Si.3ClH.Ti/c1-3-11-18-12-10-17-21(18)22(2,19-13-6-4-7-14-19)20-15-8-5-9-16-20;;;;/h4,6-7,13-14,17,20H,3,5,8-11,15-16H2,1-2H3;3*1H;/q;;;;+3/p-3. The first-order valence-electron chi connectivity index (χ1n) is 9.38. The van der Waals surface area contributed by atoms with Crippen LogP contribution in [0.1, 0.15) is 58.3 Å². The Morgan fingerprint density at radius 3 is 2.19 bits per heavy atom. The Hall–Kier alpha value is 0.501. The molecule has 0 saturated heterocycles. The van der Waals surface area contributed by atoms with E-state index in [4.69, 9.17) is 0 Å². The normalized spacial score (nSPS) is 19.6. The topological polar surface area (TPSA) is 0 Å². The van der Waals surface area contributed by atoms with Crippen molar-refractivity contribution in [2.24, 2.45) is 0 Å². The minimum absolute atomic E-state index is 0. The third-order valence-corrected chi connectivity index (χ3v) is 12.2. The second kappa shape index (κ2) is 12.1. The van der Waals surface area contributed by atoms with Crippen molar-refractivity contribution in [3.63, 3.8) is 0 Å². The van der Waals surface area contributed by atoms with Crippen LogP contribution >= 0.6 is 0 Å². The summed E-state index contributed by atoms with van der Waals surface area (Å²) >= 11 is 2.37. The van der Waals surface area contributed by atoms with Crippen LogP contribution in [-0.2, 0) is 20.4 Å². The van der Waals surface area contributed by atoms with Gasteiger partial charge in [0.05, 0.1) is 0 Å². The van der Waals surface area contributed by atoms with Gasteiger partial charge in [-0.3, -0.25) is 0 Å². The van der Waals surface area contributed by atoms with E-state index in [-0.39, 0.29) is 37.2 Å². The fraction of sp³-hybridized carbons (Fsp3) is 0.524. The van der Waals surface area contributed by atoms with E-state index in [0.29, 0.717) is 0 Å². The fourth-order valence-corrected chi connectivity index (χ4v) is 10.6. The quantitative estimate of drug-likeness (QED) is 0.404. The smallest absolute Gasteiger partial charge is 1.00 e. The van der Waals surface area contributed by atoms with Crippen LogP contribution in [0.4, 0.5) is 0 Å². The zero-order valence-electron chi connectivity index (χ0n) is 15.8. The monoisotopic (exact) mass is 462 g/mol. The van der Waals surface area contributed by atoms with Crippen LogP contribution in [0.25, 0.3) is 0 Å². The first-order valence-corrected chi connectivity index (χ1v) is 12.7. The molecule has 3 rings (SSSR count). The molecule has 2 aliphatic rings. The van der Waals surface area contributed by atoms with Gasteiger partial charge in [-0.2, -0.15) is 0 Å². The zero-order valence-corrected chi connectivity index (χ0v) is 20.7. The average molecular weight is 464 g/mol. The van der Waals surface area contributed by atoms with E-state index in [1.807, 2.05) is 0 Å². The molecule has 2 aliphatic carbocycles. The molecule has 1 aromatic carbocycles. The Kier molecular flexibility index (Phi) is 12.4. The van der Waals surface area contributed by atoms with Crippen LogP contribution in [0, 0.1) is 0 Å². The fourth-order valence-electron chi connectivity index (χ4n) is 4.75. The van der Waals surface area contributed by atoms with E-state index in [1.54, 1.807) is 19.8 Å². The third kappa shape index (κ3) is 5.31. The van der Waals surface area contributed by atoms with Gasteiger partial charge in [0, 0.05) is 0 Å². The van der Waals surface area contributed by atoms with Crippen molar-refractivity contribution in [2.75, 3.05) is 0 Å². The van der Waals surface area contributed by atoms with Gasteiger partial charge >= 0.3 is 155 Å². The maximum Gasteiger partial charge on any atom is -1.00 e. The predicted molar refractivity (Wildman–Crippen MR) is 99.2 cm³/mol. The van der Waals surface area contributed by atoms with Gasteiger partial charge < -0.3 is 37.2 Å². The maximum absolute atomic E-state index is 2.68. The molecule has 0 aromatic heterocycles. The van der Waals surface area contributed by atoms with Crippen LogP contribution < -0.4 is 42.4 Å². The molecule has 1 aromatic rings. The molecule has 0 radical (unpaired) electrons. The molecule has 0 heterocycles. The second-order valence-corrected chi connectivity index (χ2v) is 12.7. The molecule has 0 amide bonds. The molecule has 1 fully saturated rings. The van der Waals surface area contributed by atoms with E-state index >= 15 is 0 Å². The number of allylic oxidation sites excluding steroid dienone is 4. The van der Waals surface area contributed by atoms with Crippen molar-refractivity contribution >= 4 is 13.3 Å². The molecule has 0 spiro atoms. The zero-order chi connectivity index (χ0) is 16.3. The Labute approximate surface area is 191 Å². The summed E-state index contributed by atoms with van der Waals surface area (Å²) in [5.74, 6) is 0. The molecule has 1 saturated carbocycles. The molecule has 142 valence electrons. The number of hydrogen-bond donors (Lipinski definition) is 0. The molecular formula is C21H29Cl3SiTi. The van der Waals surface area contributed by atoms with Gasteiger partial charge in [-0.1, -0.05) is 0 Å². The van der Waals surface area contributed by atoms with Crippen molar-refractivity contribution < 1.29 is 57.7 Å². The Morgan fingerprint density at radius 2 is 1.62 bits per heavy atom. The molecule has 1 atom stereocenters. The third-order valence-electron chi connectivity index (χ3n) is 6.05. The second-order valence-electron chi connectivity index (χ2n) is 7.43. The largest absolute Gasteiger partial charge is 1.00 e. The van der Waals surface area contributed by atoms with Gasteiger partial charge in [0.1, 0.15) is 0 Å². The van der Waals surface area contributed by atoms with E-state index < -0.39 is 8.07 Å². The van der Waals surface area contributed by atoms with Crippen LogP contribution in [0.3, 0.4) is 0 Å². The number of rotatable bonds is 5. The number of hydrogen-bond acceptors (Lipinski definition) is 0. The SMILES string of the molecule is CCCC1=[C]([Ti+3])CC=C1[Si](C)(c1ccccc1)C1CCCCC1.[Cl-].[Cl-].[Cl-]. The van der Waals surface area contributed by atoms with Crippen molar-refractivity contribution in [3.05, 3.63) is 51.1 Å². The molecule has 0 aliphatic heterocycles. The van der Waals surface area contributed by atoms with Gasteiger partial charge in [-0.25, -0.2) is 0 Å². The van der Waals surface area contributed by atoms with Crippen LogP contribution in [0.5, 0.6) is 0 Å². The molecule has 0 N–H and O–H groups in total. The predicted octanol–water partition coefficient (Wildman–Crippen LogP) is -3.21. The molecule has 26 heavy (non-hydrogen) atoms. The van der Waals surface area contributed by atoms with Crippen LogP contribution in [0.2, 0.25) is 12.1 Å². The molecule has 5 heteroatoms. The summed E-state index contributed by atoms with van der Waals surface area (Å²) in [5, 5.41) is 3.47. The van der Waals surface area contributed by atoms with E-state index in [2.05, 4.69) is 70.3 Å². The Morgan fingerprint density at radius 1 is 1.00 bits per heavy atom. The van der Waals surface area contributed by atoms with Gasteiger partial charge in [0.2, 0.25) is 0 Å². The Balaban J connectivity index is 0.00000208. The van der Waals surface area contributed by atoms with Gasteiger partial charge in [0.25, 0.3) is 0 Å². The maximum atomic E-state index is 2.68. The van der Waals surface area contributed by atoms with Gasteiger partial charge in [0.15, 0.2) is 0 Å². The van der Waals surface area contributed by atoms with Gasteiger partial charge in [-0.15, -0.1) is 0 Å². The molecule has 1 unspecified atom stereocenters. The van der Waals surface area contributed by atoms with E-state index in [9.17, 15) is 0 Å². The van der Waals surface area contributed by atoms with Crippen molar-refractivity contribution in [1.29, 1.82) is 0 Å². The molecule has 0 bridgehead atoms. The summed E-state index contributed by atoms with van der Waals surface area (Å²) in [5.41, 5.74) is 2.67. The van der Waals surface area contributed by atoms with Crippen LogP contribution in [0.15, 0.2) is 51.1 Å². The minimum Gasteiger partial charge on any atom is -1.00 e. The summed E-state index contributed by atoms with van der Waals surface area (Å²) in [6.45, 7) is 5.01. The van der Waals surface area contributed by atoms with E-state index in [0.717, 1.165) is 5.54 Å². The minimum atomic E-state index is -1.63. The first-order chi connectivity index (χ1) is 11.2. The first kappa shape index (κ1) is 26.5. The van der Waals surface area contributed by atoms with Crippen molar-refractivity contribution in [3.8, 4) is 0 Å². The molecular weight excluding hydrogens is 435 g/mol. The van der Waals surface area contributed by atoms with Crippen LogP contribution in [-0.4, -0.2) is 8.07 Å². The average Bonchev–Trinajstić information content (AvgIpc) is 2.97. The summed E-state index contributed by atoms with van der Waals surface area (Å²) < 4.78 is 1.65. The summed E-state index contributed by atoms with van der Waals surface area (Å²) in [7, 11) is -1.63. The Bertz CT molecular complexity index is 609. The summed E-state index contributed by atoms with van der Waals surface area (Å²) in [4.78, 5) is 0. The van der Waals surface area contributed by atoms with Crippen molar-refractivity contribution in [1.82, 2.24) is 0 Å². The van der Waals surface area contributed by atoms with Crippen molar-refractivity contribution in [2.45, 2.75) is 70.4 Å².